The minimum absolute atomic E-state index is 0.202. The fourth-order valence-corrected chi connectivity index (χ4v) is 1.37. The number of rotatable bonds is 4. The van der Waals surface area contributed by atoms with Crippen molar-refractivity contribution >= 4 is 11.8 Å². The molecule has 0 amide bonds. The molecule has 0 N–H and O–H groups in total. The third-order valence-corrected chi connectivity index (χ3v) is 2.40. The van der Waals surface area contributed by atoms with Crippen molar-refractivity contribution in [3.63, 3.8) is 0 Å². The van der Waals surface area contributed by atoms with Gasteiger partial charge in [-0.25, -0.2) is 4.39 Å². The van der Waals surface area contributed by atoms with E-state index in [2.05, 4.69) is 5.92 Å². The van der Waals surface area contributed by atoms with Gasteiger partial charge in [0.05, 0.1) is 5.69 Å². The third kappa shape index (κ3) is 3.13. The van der Waals surface area contributed by atoms with E-state index in [1.165, 1.54) is 6.07 Å². The molecule has 0 spiro atoms. The maximum Gasteiger partial charge on any atom is 0.147 e. The van der Waals surface area contributed by atoms with Gasteiger partial charge in [0.1, 0.15) is 5.82 Å². The van der Waals surface area contributed by atoms with Gasteiger partial charge in [0.2, 0.25) is 0 Å². The number of anilines is 1. The lowest BCUT2D eigenvalue weighted by Crippen LogP contribution is -2.17. The Balaban J connectivity index is 2.87. The summed E-state index contributed by atoms with van der Waals surface area (Å²) < 4.78 is 13.7. The Bertz CT molecular complexity index is 415. The summed E-state index contributed by atoms with van der Waals surface area (Å²) in [5.41, 5.74) is 1.46. The van der Waals surface area contributed by atoms with Crippen LogP contribution in [0.15, 0.2) is 24.3 Å². The minimum atomic E-state index is -0.202. The first-order chi connectivity index (χ1) is 7.69. The zero-order chi connectivity index (χ0) is 12.0. The Hall–Kier alpha value is -1.75. The Morgan fingerprint density at radius 3 is 2.81 bits per heavy atom. The molecular weight excluding hydrogens is 201 g/mol. The normalized spacial score (nSPS) is 10.4. The molecule has 0 radical (unpaired) electrons. The first kappa shape index (κ1) is 12.3. The molecule has 1 nitrogen and oxygen atoms in total. The van der Waals surface area contributed by atoms with Crippen LogP contribution in [0.4, 0.5) is 10.1 Å². The predicted octanol–water partition coefficient (Wildman–Crippen LogP) is 3.32. The fourth-order valence-electron chi connectivity index (χ4n) is 1.37. The molecule has 0 atom stereocenters. The smallest absolute Gasteiger partial charge is 0.147 e. The average molecular weight is 217 g/mol. The van der Waals surface area contributed by atoms with E-state index in [0.29, 0.717) is 12.1 Å². The lowest BCUT2D eigenvalue weighted by Gasteiger charge is -2.17. The number of halogens is 1. The van der Waals surface area contributed by atoms with Crippen molar-refractivity contribution in [2.75, 3.05) is 18.5 Å². The van der Waals surface area contributed by atoms with Gasteiger partial charge in [0.25, 0.3) is 0 Å². The van der Waals surface area contributed by atoms with Crippen LogP contribution in [0, 0.1) is 18.2 Å². The summed E-state index contributed by atoms with van der Waals surface area (Å²) in [5, 5.41) is 0. The van der Waals surface area contributed by atoms with Gasteiger partial charge in [-0.1, -0.05) is 18.2 Å². The number of allylic oxidation sites excluding steroid dienone is 1. The average Bonchev–Trinajstić information content (AvgIpc) is 2.29. The maximum absolute atomic E-state index is 13.7. The van der Waals surface area contributed by atoms with Crippen LogP contribution >= 0.6 is 0 Å². The SMILES string of the molecule is C#CC/C=C\c1ccc(N(C)CC)c(F)c1. The van der Waals surface area contributed by atoms with Gasteiger partial charge < -0.3 is 4.90 Å². The van der Waals surface area contributed by atoms with E-state index in [4.69, 9.17) is 6.42 Å². The number of benzene rings is 1. The standard InChI is InChI=1S/C14H16FN/c1-4-6-7-8-12-9-10-14(13(15)11-12)16(3)5-2/h1,7-11H,5-6H2,2-3H3/b8-7-. The Kier molecular flexibility index (Phi) is 4.60. The summed E-state index contributed by atoms with van der Waals surface area (Å²) in [5.74, 6) is 2.30. The first-order valence-electron chi connectivity index (χ1n) is 5.29. The second-order valence-electron chi connectivity index (χ2n) is 3.54. The van der Waals surface area contributed by atoms with Crippen LogP contribution < -0.4 is 4.90 Å². The van der Waals surface area contributed by atoms with Gasteiger partial charge >= 0.3 is 0 Å². The zero-order valence-electron chi connectivity index (χ0n) is 9.70. The molecule has 0 aliphatic heterocycles. The highest BCUT2D eigenvalue weighted by Crippen LogP contribution is 2.19. The highest BCUT2D eigenvalue weighted by Gasteiger charge is 2.05. The minimum Gasteiger partial charge on any atom is -0.373 e. The molecule has 84 valence electrons. The second-order valence-corrected chi connectivity index (χ2v) is 3.54. The molecule has 2 heteroatoms. The summed E-state index contributed by atoms with van der Waals surface area (Å²) in [6, 6.07) is 5.19. The van der Waals surface area contributed by atoms with Crippen LogP contribution in [0.3, 0.4) is 0 Å². The van der Waals surface area contributed by atoms with Crippen LogP contribution in [0.1, 0.15) is 18.9 Å². The van der Waals surface area contributed by atoms with E-state index >= 15 is 0 Å². The molecule has 0 heterocycles. The highest BCUT2D eigenvalue weighted by atomic mass is 19.1. The summed E-state index contributed by atoms with van der Waals surface area (Å²) in [6.07, 6.45) is 9.37. The second kappa shape index (κ2) is 5.97. The Labute approximate surface area is 96.6 Å². The quantitative estimate of drug-likeness (QED) is 0.699. The Morgan fingerprint density at radius 1 is 1.50 bits per heavy atom. The fraction of sp³-hybridized carbons (Fsp3) is 0.286. The van der Waals surface area contributed by atoms with Gasteiger partial charge in [-0.2, -0.15) is 0 Å². The van der Waals surface area contributed by atoms with Crippen LogP contribution in [-0.2, 0) is 0 Å². The van der Waals surface area contributed by atoms with Gasteiger partial charge in [0.15, 0.2) is 0 Å². The van der Waals surface area contributed by atoms with E-state index in [1.807, 2.05) is 37.1 Å². The molecule has 1 rings (SSSR count). The van der Waals surface area contributed by atoms with Crippen LogP contribution in [0.25, 0.3) is 6.08 Å². The lowest BCUT2D eigenvalue weighted by molar-refractivity contribution is 0.623. The van der Waals surface area contributed by atoms with Crippen molar-refractivity contribution < 1.29 is 4.39 Å². The maximum atomic E-state index is 13.7. The van der Waals surface area contributed by atoms with Crippen molar-refractivity contribution in [1.82, 2.24) is 0 Å². The molecule has 16 heavy (non-hydrogen) atoms. The largest absolute Gasteiger partial charge is 0.373 e. The van der Waals surface area contributed by atoms with Gasteiger partial charge in [-0.15, -0.1) is 12.3 Å². The summed E-state index contributed by atoms with van der Waals surface area (Å²) in [6.45, 7) is 2.77. The molecular formula is C14H16FN. The van der Waals surface area contributed by atoms with Crippen molar-refractivity contribution in [2.24, 2.45) is 0 Å². The van der Waals surface area contributed by atoms with E-state index < -0.39 is 0 Å². The third-order valence-electron chi connectivity index (χ3n) is 2.40. The van der Waals surface area contributed by atoms with Crippen molar-refractivity contribution in [2.45, 2.75) is 13.3 Å². The molecule has 0 aliphatic carbocycles. The molecule has 0 aromatic heterocycles. The predicted molar refractivity (Wildman–Crippen MR) is 67.8 cm³/mol. The van der Waals surface area contributed by atoms with Gasteiger partial charge in [-0.05, 0) is 24.6 Å². The monoisotopic (exact) mass is 217 g/mol. The number of hydrogen-bond donors (Lipinski definition) is 0. The zero-order valence-corrected chi connectivity index (χ0v) is 9.70. The summed E-state index contributed by atoms with van der Waals surface area (Å²) in [4.78, 5) is 1.87. The summed E-state index contributed by atoms with van der Waals surface area (Å²) in [7, 11) is 1.87. The molecule has 0 unspecified atom stereocenters. The first-order valence-corrected chi connectivity index (χ1v) is 5.29. The van der Waals surface area contributed by atoms with Gasteiger partial charge in [-0.3, -0.25) is 0 Å². The van der Waals surface area contributed by atoms with Crippen molar-refractivity contribution in [3.05, 3.63) is 35.7 Å². The van der Waals surface area contributed by atoms with Crippen LogP contribution in [-0.4, -0.2) is 13.6 Å². The van der Waals surface area contributed by atoms with E-state index in [1.54, 1.807) is 6.07 Å². The van der Waals surface area contributed by atoms with E-state index in [-0.39, 0.29) is 5.82 Å². The molecule has 1 aromatic carbocycles. The van der Waals surface area contributed by atoms with Crippen LogP contribution in [0.2, 0.25) is 0 Å². The number of hydrogen-bond acceptors (Lipinski definition) is 1. The summed E-state index contributed by atoms with van der Waals surface area (Å²) >= 11 is 0. The van der Waals surface area contributed by atoms with Crippen LogP contribution in [0.5, 0.6) is 0 Å². The molecule has 0 fully saturated rings. The van der Waals surface area contributed by atoms with Gasteiger partial charge in [0, 0.05) is 20.0 Å². The van der Waals surface area contributed by atoms with E-state index in [9.17, 15) is 4.39 Å². The van der Waals surface area contributed by atoms with Crippen molar-refractivity contribution in [3.8, 4) is 12.3 Å². The molecule has 0 bridgehead atoms. The Morgan fingerprint density at radius 2 is 2.25 bits per heavy atom. The molecule has 0 saturated heterocycles. The number of terminal acetylenes is 1. The van der Waals surface area contributed by atoms with Crippen molar-refractivity contribution in [1.29, 1.82) is 0 Å². The lowest BCUT2D eigenvalue weighted by atomic mass is 10.1. The topological polar surface area (TPSA) is 3.24 Å². The highest BCUT2D eigenvalue weighted by molar-refractivity contribution is 5.56. The van der Waals surface area contributed by atoms with E-state index in [0.717, 1.165) is 12.1 Å². The number of nitrogens with zero attached hydrogens (tertiary/aromatic N) is 1. The molecule has 1 aromatic rings. The molecule has 0 aliphatic rings. The molecule has 0 saturated carbocycles.